The van der Waals surface area contributed by atoms with Crippen LogP contribution in [0.1, 0.15) is 36.8 Å². The fourth-order valence-corrected chi connectivity index (χ4v) is 4.48. The Hall–Kier alpha value is -3.48. The molecule has 0 aliphatic carbocycles. The van der Waals surface area contributed by atoms with E-state index in [4.69, 9.17) is 21.3 Å². The van der Waals surface area contributed by atoms with Crippen LogP contribution >= 0.6 is 11.6 Å². The molecule has 0 spiro atoms. The number of fused-ring (bicyclic) bond motifs is 1. The molecule has 0 radical (unpaired) electrons. The molecule has 0 bridgehead atoms. The van der Waals surface area contributed by atoms with Crippen LogP contribution in [0.15, 0.2) is 77.6 Å². The lowest BCUT2D eigenvalue weighted by atomic mass is 10.1. The van der Waals surface area contributed by atoms with Crippen LogP contribution in [0.25, 0.3) is 16.6 Å². The maximum Gasteiger partial charge on any atom is 0.266 e. The van der Waals surface area contributed by atoms with Crippen molar-refractivity contribution in [2.24, 2.45) is 0 Å². The van der Waals surface area contributed by atoms with Gasteiger partial charge in [0.15, 0.2) is 0 Å². The van der Waals surface area contributed by atoms with E-state index in [-0.39, 0.29) is 18.1 Å². The molecule has 180 valence electrons. The molecule has 0 aliphatic heterocycles. The SMILES string of the molecule is CCN(C(=O)COCc1ccccc1)C(C)c1nc2ccccc2c(=O)n1-c1ccc(Cl)cc1C. The summed E-state index contributed by atoms with van der Waals surface area (Å²) in [5.41, 5.74) is 2.92. The van der Waals surface area contributed by atoms with Gasteiger partial charge in [0.2, 0.25) is 5.91 Å². The van der Waals surface area contributed by atoms with Gasteiger partial charge in [-0.05, 0) is 62.2 Å². The molecular formula is C28H28ClN3O3. The summed E-state index contributed by atoms with van der Waals surface area (Å²) in [6.45, 7) is 6.42. The van der Waals surface area contributed by atoms with Crippen LogP contribution in [-0.2, 0) is 16.1 Å². The third-order valence-corrected chi connectivity index (χ3v) is 6.28. The highest BCUT2D eigenvalue weighted by Crippen LogP contribution is 2.25. The Balaban J connectivity index is 1.71. The van der Waals surface area contributed by atoms with Crippen molar-refractivity contribution in [2.75, 3.05) is 13.2 Å². The Kier molecular flexibility index (Phi) is 7.63. The number of rotatable bonds is 8. The highest BCUT2D eigenvalue weighted by atomic mass is 35.5. The number of nitrogens with zero attached hydrogens (tertiary/aromatic N) is 3. The van der Waals surface area contributed by atoms with E-state index in [0.717, 1.165) is 11.1 Å². The van der Waals surface area contributed by atoms with Gasteiger partial charge in [0.25, 0.3) is 5.56 Å². The first kappa shape index (κ1) is 24.6. The monoisotopic (exact) mass is 489 g/mol. The summed E-state index contributed by atoms with van der Waals surface area (Å²) >= 11 is 6.18. The van der Waals surface area contributed by atoms with E-state index in [2.05, 4.69) is 0 Å². The van der Waals surface area contributed by atoms with Gasteiger partial charge in [-0.1, -0.05) is 54.1 Å². The van der Waals surface area contributed by atoms with Crippen molar-refractivity contribution in [1.82, 2.24) is 14.5 Å². The summed E-state index contributed by atoms with van der Waals surface area (Å²) in [5, 5.41) is 1.10. The number of hydrogen-bond donors (Lipinski definition) is 0. The summed E-state index contributed by atoms with van der Waals surface area (Å²) in [7, 11) is 0. The largest absolute Gasteiger partial charge is 0.367 e. The van der Waals surface area contributed by atoms with Gasteiger partial charge in [0.1, 0.15) is 12.4 Å². The second-order valence-corrected chi connectivity index (χ2v) is 8.83. The molecule has 1 amide bonds. The Morgan fingerprint density at radius 2 is 1.80 bits per heavy atom. The molecule has 1 unspecified atom stereocenters. The van der Waals surface area contributed by atoms with Gasteiger partial charge in [-0.2, -0.15) is 0 Å². The molecule has 7 heteroatoms. The molecule has 1 heterocycles. The van der Waals surface area contributed by atoms with E-state index in [9.17, 15) is 9.59 Å². The minimum absolute atomic E-state index is 0.0646. The smallest absolute Gasteiger partial charge is 0.266 e. The topological polar surface area (TPSA) is 64.4 Å². The molecule has 6 nitrogen and oxygen atoms in total. The number of carbonyl (C=O) groups is 1. The minimum atomic E-state index is -0.472. The van der Waals surface area contributed by atoms with E-state index in [1.54, 1.807) is 21.6 Å². The molecule has 4 rings (SSSR count). The summed E-state index contributed by atoms with van der Waals surface area (Å²) in [6.07, 6.45) is 0. The zero-order valence-electron chi connectivity index (χ0n) is 20.1. The Morgan fingerprint density at radius 3 is 2.51 bits per heavy atom. The standard InChI is InChI=1S/C28H28ClN3O3/c1-4-31(26(33)18-35-17-21-10-6-5-7-11-21)20(3)27-30-24-13-9-8-12-23(24)28(34)32(27)25-15-14-22(29)16-19(25)2/h5-16,20H,4,17-18H2,1-3H3. The number of aryl methyl sites for hydroxylation is 1. The van der Waals surface area contributed by atoms with Crippen LogP contribution in [0.4, 0.5) is 0 Å². The number of para-hydroxylation sites is 1. The number of hydrogen-bond acceptors (Lipinski definition) is 4. The second kappa shape index (κ2) is 10.8. The van der Waals surface area contributed by atoms with Crippen LogP contribution in [0.2, 0.25) is 5.02 Å². The lowest BCUT2D eigenvalue weighted by Crippen LogP contribution is -2.39. The van der Waals surface area contributed by atoms with E-state index in [1.165, 1.54) is 0 Å². The van der Waals surface area contributed by atoms with Crippen LogP contribution in [-0.4, -0.2) is 33.5 Å². The summed E-state index contributed by atoms with van der Waals surface area (Å²) in [6, 6.07) is 21.9. The number of ether oxygens (including phenoxy) is 1. The third-order valence-electron chi connectivity index (χ3n) is 6.04. The molecule has 0 fully saturated rings. The van der Waals surface area contributed by atoms with Crippen molar-refractivity contribution < 1.29 is 9.53 Å². The Bertz CT molecular complexity index is 1400. The lowest BCUT2D eigenvalue weighted by Gasteiger charge is -2.30. The predicted molar refractivity (Wildman–Crippen MR) is 139 cm³/mol. The van der Waals surface area contributed by atoms with Crippen LogP contribution in [0.3, 0.4) is 0 Å². The summed E-state index contributed by atoms with van der Waals surface area (Å²) in [4.78, 5) is 33.4. The van der Waals surface area contributed by atoms with Gasteiger partial charge in [-0.25, -0.2) is 4.98 Å². The third kappa shape index (κ3) is 5.29. The first-order chi connectivity index (χ1) is 16.9. The zero-order chi connectivity index (χ0) is 24.9. The van der Waals surface area contributed by atoms with Crippen molar-refractivity contribution in [3.63, 3.8) is 0 Å². The quantitative estimate of drug-likeness (QED) is 0.329. The first-order valence-corrected chi connectivity index (χ1v) is 12.0. The molecule has 0 saturated heterocycles. The number of halogens is 1. The van der Waals surface area contributed by atoms with Crippen molar-refractivity contribution in [3.8, 4) is 5.69 Å². The van der Waals surface area contributed by atoms with Crippen molar-refractivity contribution in [2.45, 2.75) is 33.4 Å². The fourth-order valence-electron chi connectivity index (χ4n) is 4.25. The van der Waals surface area contributed by atoms with Crippen LogP contribution in [0, 0.1) is 6.92 Å². The van der Waals surface area contributed by atoms with Crippen molar-refractivity contribution in [3.05, 3.63) is 105 Å². The van der Waals surface area contributed by atoms with Crippen LogP contribution < -0.4 is 5.56 Å². The lowest BCUT2D eigenvalue weighted by molar-refractivity contribution is -0.138. The molecule has 4 aromatic rings. The van der Waals surface area contributed by atoms with E-state index in [0.29, 0.717) is 40.6 Å². The summed E-state index contributed by atoms with van der Waals surface area (Å²) < 4.78 is 7.29. The molecule has 35 heavy (non-hydrogen) atoms. The normalized spacial score (nSPS) is 12.0. The Morgan fingerprint density at radius 1 is 1.09 bits per heavy atom. The molecule has 0 aliphatic rings. The highest BCUT2D eigenvalue weighted by Gasteiger charge is 2.26. The average Bonchev–Trinajstić information content (AvgIpc) is 2.85. The molecule has 0 N–H and O–H groups in total. The number of carbonyl (C=O) groups excluding carboxylic acids is 1. The number of likely N-dealkylation sites (N-methyl/N-ethyl adjacent to an activating group) is 1. The van der Waals surface area contributed by atoms with Crippen LogP contribution in [0.5, 0.6) is 0 Å². The number of amides is 1. The summed E-state index contributed by atoms with van der Waals surface area (Å²) in [5.74, 6) is 0.315. The molecule has 3 aromatic carbocycles. The van der Waals surface area contributed by atoms with E-state index in [1.807, 2.05) is 81.4 Å². The minimum Gasteiger partial charge on any atom is -0.367 e. The van der Waals surface area contributed by atoms with Gasteiger partial charge >= 0.3 is 0 Å². The molecule has 1 aromatic heterocycles. The highest BCUT2D eigenvalue weighted by molar-refractivity contribution is 6.30. The Labute approximate surface area is 209 Å². The zero-order valence-corrected chi connectivity index (χ0v) is 20.8. The number of aromatic nitrogens is 2. The first-order valence-electron chi connectivity index (χ1n) is 11.6. The molecule has 1 atom stereocenters. The van der Waals surface area contributed by atoms with Crippen molar-refractivity contribution in [1.29, 1.82) is 0 Å². The van der Waals surface area contributed by atoms with Gasteiger partial charge in [0.05, 0.1) is 29.2 Å². The van der Waals surface area contributed by atoms with Gasteiger partial charge in [-0.3, -0.25) is 14.2 Å². The fraction of sp³-hybridized carbons (Fsp3) is 0.250. The second-order valence-electron chi connectivity index (χ2n) is 8.39. The average molecular weight is 490 g/mol. The maximum atomic E-state index is 13.7. The van der Waals surface area contributed by atoms with Gasteiger partial charge in [0, 0.05) is 11.6 Å². The molecule has 0 saturated carbocycles. The number of benzene rings is 3. The van der Waals surface area contributed by atoms with E-state index >= 15 is 0 Å². The maximum absolute atomic E-state index is 13.7. The van der Waals surface area contributed by atoms with Crippen molar-refractivity contribution >= 4 is 28.4 Å². The van der Waals surface area contributed by atoms with Gasteiger partial charge < -0.3 is 9.64 Å². The van der Waals surface area contributed by atoms with Gasteiger partial charge in [-0.15, -0.1) is 0 Å². The molecular weight excluding hydrogens is 462 g/mol. The van der Waals surface area contributed by atoms with E-state index < -0.39 is 6.04 Å². The predicted octanol–water partition coefficient (Wildman–Crippen LogP) is 5.47.